The molecule has 0 atom stereocenters. The number of rotatable bonds is 3. The highest BCUT2D eigenvalue weighted by molar-refractivity contribution is 6.12. The van der Waals surface area contributed by atoms with Crippen LogP contribution in [-0.2, 0) is 0 Å². The maximum Gasteiger partial charge on any atom is 0.149 e. The van der Waals surface area contributed by atoms with E-state index in [1.807, 2.05) is 24.5 Å². The summed E-state index contributed by atoms with van der Waals surface area (Å²) in [5.74, 6) is 0. The molecule has 45 heavy (non-hydrogen) atoms. The first-order chi connectivity index (χ1) is 22.1. The number of aromatic nitrogens is 5. The molecule has 0 N–H and O–H groups in total. The van der Waals surface area contributed by atoms with Crippen molar-refractivity contribution < 1.29 is 0 Å². The van der Waals surface area contributed by atoms with Gasteiger partial charge in [-0.2, -0.15) is 0 Å². The zero-order valence-corrected chi connectivity index (χ0v) is 25.3. The fourth-order valence-electron chi connectivity index (χ4n) is 7.33. The van der Waals surface area contributed by atoms with Crippen molar-refractivity contribution >= 4 is 49.4 Å². The van der Waals surface area contributed by atoms with E-state index in [0.717, 1.165) is 50.2 Å². The summed E-state index contributed by atoms with van der Waals surface area (Å²) in [6.45, 7) is 6.56. The molecule has 0 aliphatic heterocycles. The summed E-state index contributed by atoms with van der Waals surface area (Å²) in [5, 5.41) is 4.43. The van der Waals surface area contributed by atoms with Gasteiger partial charge in [0.15, 0.2) is 0 Å². The highest BCUT2D eigenvalue weighted by atomic mass is 15.1. The van der Waals surface area contributed by atoms with Gasteiger partial charge in [-0.25, -0.2) is 9.97 Å². The largest absolute Gasteiger partial charge is 0.309 e. The molecule has 9 rings (SSSR count). The molecular weight excluding hydrogens is 550 g/mol. The van der Waals surface area contributed by atoms with Gasteiger partial charge in [0, 0.05) is 50.8 Å². The minimum absolute atomic E-state index is 0.855. The highest BCUT2D eigenvalue weighted by Crippen LogP contribution is 2.42. The van der Waals surface area contributed by atoms with E-state index in [9.17, 15) is 0 Å². The van der Waals surface area contributed by atoms with Crippen LogP contribution >= 0.6 is 0 Å². The standard InChI is InChI=1S/C40H29N5/c1-24-21-25(2)35(26(3)22-24)38-36(43-40-31-15-9-19-41-37(31)30-14-10-20-42-39(30)45(38)40)27-17-18-34-32(23-27)29-13-7-8-16-33(29)44(34)28-11-5-4-6-12-28/h4-23H,1-3H3. The molecule has 9 aromatic rings. The van der Waals surface area contributed by atoms with Gasteiger partial charge in [-0.3, -0.25) is 9.38 Å². The Labute approximate surface area is 260 Å². The lowest BCUT2D eigenvalue weighted by Crippen LogP contribution is -2.00. The average Bonchev–Trinajstić information content (AvgIpc) is 3.62. The maximum absolute atomic E-state index is 5.47. The van der Waals surface area contributed by atoms with Gasteiger partial charge < -0.3 is 4.57 Å². The summed E-state index contributed by atoms with van der Waals surface area (Å²) in [7, 11) is 0. The van der Waals surface area contributed by atoms with E-state index < -0.39 is 0 Å². The third kappa shape index (κ3) is 3.71. The minimum atomic E-state index is 0.855. The Morgan fingerprint density at radius 1 is 0.556 bits per heavy atom. The molecule has 4 aromatic carbocycles. The second-order valence-electron chi connectivity index (χ2n) is 11.9. The molecule has 0 saturated carbocycles. The van der Waals surface area contributed by atoms with Crippen LogP contribution in [-0.4, -0.2) is 23.9 Å². The Morgan fingerprint density at radius 3 is 2.02 bits per heavy atom. The van der Waals surface area contributed by atoms with E-state index in [2.05, 4.69) is 127 Å². The molecule has 0 aliphatic carbocycles. The van der Waals surface area contributed by atoms with Crippen LogP contribution in [0, 0.1) is 20.8 Å². The summed E-state index contributed by atoms with van der Waals surface area (Å²) in [6.07, 6.45) is 3.71. The maximum atomic E-state index is 5.47. The molecule has 5 aromatic heterocycles. The van der Waals surface area contributed by atoms with Gasteiger partial charge in [-0.15, -0.1) is 0 Å². The number of hydrogen-bond donors (Lipinski definition) is 0. The number of aryl methyl sites for hydroxylation is 3. The molecule has 0 aliphatic rings. The summed E-state index contributed by atoms with van der Waals surface area (Å²) < 4.78 is 4.61. The van der Waals surface area contributed by atoms with Crippen LogP contribution in [0.1, 0.15) is 16.7 Å². The van der Waals surface area contributed by atoms with Gasteiger partial charge in [-0.1, -0.05) is 60.2 Å². The van der Waals surface area contributed by atoms with Crippen molar-refractivity contribution in [3.8, 4) is 28.2 Å². The van der Waals surface area contributed by atoms with Crippen molar-refractivity contribution in [3.05, 3.63) is 138 Å². The van der Waals surface area contributed by atoms with E-state index >= 15 is 0 Å². The lowest BCUT2D eigenvalue weighted by Gasteiger charge is -2.15. The average molecular weight is 580 g/mol. The molecule has 214 valence electrons. The Kier molecular flexibility index (Phi) is 5.47. The zero-order chi connectivity index (χ0) is 30.2. The van der Waals surface area contributed by atoms with Crippen LogP contribution in [0.15, 0.2) is 122 Å². The fourth-order valence-corrected chi connectivity index (χ4v) is 7.33. The van der Waals surface area contributed by atoms with Crippen molar-refractivity contribution in [2.24, 2.45) is 0 Å². The Bertz CT molecular complexity index is 2600. The molecule has 0 saturated heterocycles. The van der Waals surface area contributed by atoms with Crippen LogP contribution in [0.5, 0.6) is 0 Å². The first-order valence-corrected chi connectivity index (χ1v) is 15.3. The Hall–Kier alpha value is -5.81. The van der Waals surface area contributed by atoms with Crippen LogP contribution in [0.4, 0.5) is 0 Å². The third-order valence-corrected chi connectivity index (χ3v) is 9.05. The number of pyridine rings is 3. The Balaban J connectivity index is 1.44. The minimum Gasteiger partial charge on any atom is -0.309 e. The molecule has 0 spiro atoms. The predicted molar refractivity (Wildman–Crippen MR) is 185 cm³/mol. The normalized spacial score (nSPS) is 11.9. The molecule has 5 heteroatoms. The van der Waals surface area contributed by atoms with Gasteiger partial charge in [0.05, 0.1) is 27.9 Å². The zero-order valence-electron chi connectivity index (χ0n) is 25.3. The molecule has 0 bridgehead atoms. The van der Waals surface area contributed by atoms with Crippen LogP contribution in [0.2, 0.25) is 0 Å². The summed E-state index contributed by atoms with van der Waals surface area (Å²) in [6, 6.07) is 38.8. The predicted octanol–water partition coefficient (Wildman–Crippen LogP) is 9.79. The number of hydrogen-bond acceptors (Lipinski definition) is 3. The number of nitrogens with zero attached hydrogens (tertiary/aromatic N) is 5. The van der Waals surface area contributed by atoms with Crippen LogP contribution < -0.4 is 0 Å². The summed E-state index contributed by atoms with van der Waals surface area (Å²) >= 11 is 0. The van der Waals surface area contributed by atoms with Gasteiger partial charge in [0.2, 0.25) is 0 Å². The fraction of sp³-hybridized carbons (Fsp3) is 0.0750. The number of benzene rings is 4. The van der Waals surface area contributed by atoms with E-state index in [1.165, 1.54) is 44.1 Å². The first-order valence-electron chi connectivity index (χ1n) is 15.3. The van der Waals surface area contributed by atoms with Crippen molar-refractivity contribution in [3.63, 3.8) is 0 Å². The smallest absolute Gasteiger partial charge is 0.149 e. The molecule has 5 heterocycles. The number of fused-ring (bicyclic) bond motifs is 9. The van der Waals surface area contributed by atoms with Crippen LogP contribution in [0.3, 0.4) is 0 Å². The molecule has 0 amide bonds. The monoisotopic (exact) mass is 579 g/mol. The first kappa shape index (κ1) is 25.7. The van der Waals surface area contributed by atoms with E-state index in [1.54, 1.807) is 0 Å². The van der Waals surface area contributed by atoms with Gasteiger partial charge in [-0.05, 0) is 86.5 Å². The SMILES string of the molecule is Cc1cc(C)c(-c2c(-c3ccc4c(c3)c3ccccc3n4-c3ccccc3)nc3c4cccnc4c4cccnc4n23)c(C)c1. The van der Waals surface area contributed by atoms with Crippen molar-refractivity contribution in [2.75, 3.05) is 0 Å². The topological polar surface area (TPSA) is 48.0 Å². The molecule has 0 radical (unpaired) electrons. The van der Waals surface area contributed by atoms with E-state index in [4.69, 9.17) is 15.0 Å². The highest BCUT2D eigenvalue weighted by Gasteiger charge is 2.24. The van der Waals surface area contributed by atoms with E-state index in [0.29, 0.717) is 0 Å². The van der Waals surface area contributed by atoms with Gasteiger partial charge in [0.1, 0.15) is 11.3 Å². The van der Waals surface area contributed by atoms with Crippen molar-refractivity contribution in [1.29, 1.82) is 0 Å². The third-order valence-electron chi connectivity index (χ3n) is 9.05. The van der Waals surface area contributed by atoms with Gasteiger partial charge in [0.25, 0.3) is 0 Å². The van der Waals surface area contributed by atoms with Gasteiger partial charge >= 0.3 is 0 Å². The molecule has 0 unspecified atom stereocenters. The lowest BCUT2D eigenvalue weighted by molar-refractivity contribution is 1.18. The number of para-hydroxylation sites is 2. The summed E-state index contributed by atoms with van der Waals surface area (Å²) in [4.78, 5) is 15.2. The molecular formula is C40H29N5. The lowest BCUT2D eigenvalue weighted by atomic mass is 9.94. The van der Waals surface area contributed by atoms with Crippen LogP contribution in [0.25, 0.3) is 77.6 Å². The quantitative estimate of drug-likeness (QED) is 0.196. The Morgan fingerprint density at radius 2 is 1.22 bits per heavy atom. The van der Waals surface area contributed by atoms with E-state index in [-0.39, 0.29) is 0 Å². The second kappa shape index (κ2) is 9.60. The molecule has 5 nitrogen and oxygen atoms in total. The molecule has 0 fully saturated rings. The second-order valence-corrected chi connectivity index (χ2v) is 11.9. The number of imidazole rings is 1. The van der Waals surface area contributed by atoms with Crippen molar-refractivity contribution in [2.45, 2.75) is 20.8 Å². The summed E-state index contributed by atoms with van der Waals surface area (Å²) in [5.41, 5.74) is 14.0. The van der Waals surface area contributed by atoms with Crippen molar-refractivity contribution in [1.82, 2.24) is 23.9 Å².